The summed E-state index contributed by atoms with van der Waals surface area (Å²) in [5.74, 6) is -0.246. The highest BCUT2D eigenvalue weighted by atomic mass is 28.3. The zero-order valence-corrected chi connectivity index (χ0v) is 16.2. The molecule has 0 N–H and O–H groups in total. The van der Waals surface area contributed by atoms with Gasteiger partial charge in [0.15, 0.2) is 0 Å². The molecule has 3 aromatic rings. The van der Waals surface area contributed by atoms with Gasteiger partial charge < -0.3 is 0 Å². The van der Waals surface area contributed by atoms with Gasteiger partial charge in [-0.2, -0.15) is 0 Å². The van der Waals surface area contributed by atoms with Crippen LogP contribution >= 0.6 is 0 Å². The van der Waals surface area contributed by atoms with Crippen molar-refractivity contribution in [2.75, 3.05) is 0 Å². The fourth-order valence-electron chi connectivity index (χ4n) is 3.02. The Kier molecular flexibility index (Phi) is 4.21. The molecular weight excluding hydrogens is 323 g/mol. The molecule has 0 unspecified atom stereocenters. The Labute approximate surface area is 154 Å². The van der Waals surface area contributed by atoms with Crippen molar-refractivity contribution in [2.45, 2.75) is 32.9 Å². The molecule has 0 atom stereocenters. The first-order valence-corrected chi connectivity index (χ1v) is 12.1. The van der Waals surface area contributed by atoms with Crippen molar-refractivity contribution in [2.24, 2.45) is 0 Å². The van der Waals surface area contributed by atoms with Gasteiger partial charge in [0, 0.05) is 8.30 Å². The Balaban J connectivity index is 2.26. The van der Waals surface area contributed by atoms with E-state index in [1.54, 1.807) is 19.1 Å². The van der Waals surface area contributed by atoms with Gasteiger partial charge in [0.1, 0.15) is 5.82 Å². The van der Waals surface area contributed by atoms with E-state index in [1.165, 1.54) is 0 Å². The van der Waals surface area contributed by atoms with Crippen LogP contribution in [0.2, 0.25) is 19.6 Å². The summed E-state index contributed by atoms with van der Waals surface area (Å²) in [4.78, 5) is 0. The number of hydrogen-bond acceptors (Lipinski definition) is 0. The van der Waals surface area contributed by atoms with Crippen LogP contribution in [0.1, 0.15) is 19.4 Å². The summed E-state index contributed by atoms with van der Waals surface area (Å²) in [5, 5.41) is 1.06. The smallest absolute Gasteiger partial charge is 0.133 e. The lowest BCUT2D eigenvalue weighted by Crippen LogP contribution is -2.40. The highest BCUT2D eigenvalue weighted by Gasteiger charge is 2.21. The molecule has 0 saturated heterocycles. The molecule has 0 bridgehead atoms. The monoisotopic (exact) mass is 350 g/mol. The maximum atomic E-state index is 14.7. The molecule has 0 aliphatic heterocycles. The van der Waals surface area contributed by atoms with Crippen LogP contribution < -0.4 is 5.19 Å². The lowest BCUT2D eigenvalue weighted by Gasteiger charge is -2.22. The van der Waals surface area contributed by atoms with Gasteiger partial charge in [-0.25, -0.2) is 4.39 Å². The third-order valence-corrected chi connectivity index (χ3v) is 6.44. The molecule has 0 fully saturated rings. The number of aryl methyl sites for hydroxylation is 1. The van der Waals surface area contributed by atoms with Crippen molar-refractivity contribution >= 4 is 13.3 Å². The second-order valence-electron chi connectivity index (χ2n) is 7.44. The molecule has 0 heterocycles. The number of halogens is 1. The highest BCUT2D eigenvalue weighted by Crippen LogP contribution is 2.26. The summed E-state index contributed by atoms with van der Waals surface area (Å²) >= 11 is 0. The Morgan fingerprint density at radius 3 is 2.32 bits per heavy atom. The Morgan fingerprint density at radius 2 is 1.64 bits per heavy atom. The van der Waals surface area contributed by atoms with E-state index in [-0.39, 0.29) is 5.82 Å². The van der Waals surface area contributed by atoms with Crippen molar-refractivity contribution in [3.8, 4) is 11.1 Å². The quantitative estimate of drug-likeness (QED) is 0.511. The molecule has 0 saturated carbocycles. The zero-order valence-electron chi connectivity index (χ0n) is 17.2. The summed E-state index contributed by atoms with van der Waals surface area (Å²) in [6.45, 7) is 8.37. The predicted octanol–water partition coefficient (Wildman–Crippen LogP) is 5.94. The summed E-state index contributed by atoms with van der Waals surface area (Å²) in [7, 11) is -1.80. The van der Waals surface area contributed by atoms with E-state index in [1.807, 2.05) is 54.6 Å². The van der Waals surface area contributed by atoms with Crippen LogP contribution in [0.3, 0.4) is 0 Å². The number of rotatable bonds is 4. The van der Waals surface area contributed by atoms with E-state index >= 15 is 0 Å². The van der Waals surface area contributed by atoms with E-state index in [2.05, 4.69) is 19.6 Å². The fraction of sp³-hybridized carbons (Fsp3) is 0.217. The molecule has 0 spiro atoms. The first-order valence-electron chi connectivity index (χ1n) is 9.58. The summed E-state index contributed by atoms with van der Waals surface area (Å²) in [6, 6.07) is 20.3. The molecule has 25 heavy (non-hydrogen) atoms. The average Bonchev–Trinajstić information content (AvgIpc) is 2.63. The third-order valence-electron chi connectivity index (χ3n) is 4.38. The minimum absolute atomic E-state index is 0.246. The predicted molar refractivity (Wildman–Crippen MR) is 109 cm³/mol. The van der Waals surface area contributed by atoms with E-state index in [4.69, 9.17) is 2.74 Å². The third kappa shape index (κ3) is 3.90. The molecule has 0 radical (unpaired) electrons. The fourth-order valence-corrected chi connectivity index (χ4v) is 4.54. The molecule has 0 aliphatic carbocycles. The van der Waals surface area contributed by atoms with Gasteiger partial charge in [-0.1, -0.05) is 91.6 Å². The highest BCUT2D eigenvalue weighted by molar-refractivity contribution is 6.89. The first-order chi connectivity index (χ1) is 12.6. The van der Waals surface area contributed by atoms with E-state index in [0.29, 0.717) is 27.8 Å². The van der Waals surface area contributed by atoms with Crippen LogP contribution in [0, 0.1) is 12.7 Å². The summed E-state index contributed by atoms with van der Waals surface area (Å²) < 4.78 is 32.4. The lowest BCUT2D eigenvalue weighted by molar-refractivity contribution is 0.622. The minimum atomic E-state index is -1.80. The van der Waals surface area contributed by atoms with Crippen molar-refractivity contribution in [1.29, 1.82) is 0 Å². The molecule has 2 heteroatoms. The maximum Gasteiger partial charge on any atom is 0.133 e. The second-order valence-corrected chi connectivity index (χ2v) is 12.5. The SMILES string of the molecule is [2H]C([2H])(c1ccccc1)c1cc(-c2cccc(C)c2F)ccc1[Si](C)(C)C. The van der Waals surface area contributed by atoms with Gasteiger partial charge in [0.2, 0.25) is 0 Å². The molecule has 128 valence electrons. The second kappa shape index (κ2) is 6.97. The average molecular weight is 351 g/mol. The molecular formula is C23H25FSi. The van der Waals surface area contributed by atoms with Crippen molar-refractivity contribution in [3.63, 3.8) is 0 Å². The summed E-state index contributed by atoms with van der Waals surface area (Å²) in [6.07, 6.45) is -1.65. The van der Waals surface area contributed by atoms with Crippen molar-refractivity contribution < 1.29 is 7.13 Å². The standard InChI is InChI=1S/C23H25FSi/c1-17-9-8-12-21(23(17)24)19-13-14-22(25(2,3)4)20(16-19)15-18-10-6-5-7-11-18/h5-14,16H,15H2,1-4H3/i15D2. The molecule has 3 aromatic carbocycles. The van der Waals surface area contributed by atoms with Gasteiger partial charge >= 0.3 is 0 Å². The van der Waals surface area contributed by atoms with E-state index in [0.717, 1.165) is 5.19 Å². The summed E-state index contributed by atoms with van der Waals surface area (Å²) in [5.41, 5.74) is 3.09. The van der Waals surface area contributed by atoms with Gasteiger partial charge in [-0.15, -0.1) is 0 Å². The maximum absolute atomic E-state index is 14.7. The largest absolute Gasteiger partial charge is 0.206 e. The molecule has 3 rings (SSSR count). The first kappa shape index (κ1) is 15.1. The van der Waals surface area contributed by atoms with Crippen LogP contribution in [-0.4, -0.2) is 8.07 Å². The molecule has 0 nitrogen and oxygen atoms in total. The zero-order chi connectivity index (χ0) is 19.8. The van der Waals surface area contributed by atoms with Gasteiger partial charge in [-0.3, -0.25) is 0 Å². The number of hydrogen-bond donors (Lipinski definition) is 0. The van der Waals surface area contributed by atoms with Crippen LogP contribution in [0.5, 0.6) is 0 Å². The molecule has 0 aromatic heterocycles. The minimum Gasteiger partial charge on any atom is -0.206 e. The van der Waals surface area contributed by atoms with Gasteiger partial charge in [-0.05, 0) is 35.6 Å². The Bertz CT molecular complexity index is 960. The lowest BCUT2D eigenvalue weighted by atomic mass is 9.97. The molecule has 0 amide bonds. The Hall–Kier alpha value is -2.19. The molecule has 0 aliphatic rings. The van der Waals surface area contributed by atoms with Crippen molar-refractivity contribution in [1.82, 2.24) is 0 Å². The van der Waals surface area contributed by atoms with Crippen LogP contribution in [0.4, 0.5) is 4.39 Å². The topological polar surface area (TPSA) is 0 Å². The van der Waals surface area contributed by atoms with E-state index in [9.17, 15) is 4.39 Å². The van der Waals surface area contributed by atoms with Gasteiger partial charge in [0.05, 0.1) is 8.07 Å². The normalized spacial score (nSPS) is 13.3. The van der Waals surface area contributed by atoms with Gasteiger partial charge in [0.25, 0.3) is 0 Å². The number of benzene rings is 3. The van der Waals surface area contributed by atoms with Crippen molar-refractivity contribution in [3.05, 3.63) is 89.2 Å². The van der Waals surface area contributed by atoms with Crippen LogP contribution in [0.25, 0.3) is 11.1 Å². The van der Waals surface area contributed by atoms with Crippen LogP contribution in [0.15, 0.2) is 66.7 Å². The Morgan fingerprint density at radius 1 is 0.920 bits per heavy atom. The van der Waals surface area contributed by atoms with E-state index < -0.39 is 14.4 Å². The van der Waals surface area contributed by atoms with Crippen LogP contribution in [-0.2, 0) is 6.37 Å².